The van der Waals surface area contributed by atoms with Crippen molar-refractivity contribution < 1.29 is 18.3 Å². The van der Waals surface area contributed by atoms with Gasteiger partial charge >= 0.3 is 0 Å². The second-order valence-corrected chi connectivity index (χ2v) is 7.48. The fraction of sp³-hybridized carbons (Fsp3) is 0.0870. The lowest BCUT2D eigenvalue weighted by Crippen LogP contribution is -2.23. The zero-order valence-corrected chi connectivity index (χ0v) is 17.0. The molecule has 0 aliphatic heterocycles. The Morgan fingerprint density at radius 2 is 1.81 bits per heavy atom. The lowest BCUT2D eigenvalue weighted by Gasteiger charge is -2.08. The molecule has 8 heteroatoms. The molecule has 0 saturated carbocycles. The number of pyridine rings is 1. The minimum atomic E-state index is -0.644. The van der Waals surface area contributed by atoms with Crippen LogP contribution >= 0.6 is 11.3 Å². The van der Waals surface area contributed by atoms with Crippen molar-refractivity contribution >= 4 is 17.2 Å². The van der Waals surface area contributed by atoms with Crippen LogP contribution in [0.4, 0.5) is 8.78 Å². The molecule has 2 aromatic heterocycles. The highest BCUT2D eigenvalue weighted by atomic mass is 32.1. The molecule has 0 unspecified atom stereocenters. The predicted octanol–water partition coefficient (Wildman–Crippen LogP) is 4.99. The van der Waals surface area contributed by atoms with Gasteiger partial charge in [0.2, 0.25) is 0 Å². The SMILES string of the molecule is O=C(NCc1ccncc1)c1csc(-c2ccc(OCc3ccc(F)cc3F)cc2)n1. The van der Waals surface area contributed by atoms with Crippen molar-refractivity contribution in [3.63, 3.8) is 0 Å². The smallest absolute Gasteiger partial charge is 0.271 e. The predicted molar refractivity (Wildman–Crippen MR) is 114 cm³/mol. The molecule has 5 nitrogen and oxygen atoms in total. The van der Waals surface area contributed by atoms with Gasteiger partial charge in [0, 0.05) is 41.5 Å². The van der Waals surface area contributed by atoms with Crippen molar-refractivity contribution in [3.8, 4) is 16.3 Å². The number of hydrogen-bond acceptors (Lipinski definition) is 5. The first kappa shape index (κ1) is 20.6. The van der Waals surface area contributed by atoms with E-state index in [9.17, 15) is 13.6 Å². The van der Waals surface area contributed by atoms with Crippen LogP contribution in [0.15, 0.2) is 72.4 Å². The first-order valence-corrected chi connectivity index (χ1v) is 10.3. The Bertz CT molecular complexity index is 1180. The summed E-state index contributed by atoms with van der Waals surface area (Å²) in [7, 11) is 0. The van der Waals surface area contributed by atoms with Gasteiger partial charge in [0.05, 0.1) is 0 Å². The van der Waals surface area contributed by atoms with Crippen molar-refractivity contribution in [2.24, 2.45) is 0 Å². The Morgan fingerprint density at radius 1 is 1.03 bits per heavy atom. The van der Waals surface area contributed by atoms with Gasteiger partial charge < -0.3 is 10.1 Å². The van der Waals surface area contributed by atoms with Gasteiger partial charge in [-0.1, -0.05) is 0 Å². The van der Waals surface area contributed by atoms with E-state index in [2.05, 4.69) is 15.3 Å². The highest BCUT2D eigenvalue weighted by Gasteiger charge is 2.12. The van der Waals surface area contributed by atoms with Gasteiger partial charge in [0.1, 0.15) is 34.7 Å². The molecule has 4 aromatic rings. The van der Waals surface area contributed by atoms with Crippen LogP contribution in [0, 0.1) is 11.6 Å². The maximum absolute atomic E-state index is 13.7. The average molecular weight is 437 g/mol. The van der Waals surface area contributed by atoms with E-state index in [0.29, 0.717) is 23.0 Å². The van der Waals surface area contributed by atoms with Crippen LogP contribution in [-0.2, 0) is 13.2 Å². The molecule has 0 saturated heterocycles. The molecular weight excluding hydrogens is 420 g/mol. The summed E-state index contributed by atoms with van der Waals surface area (Å²) in [6.45, 7) is 0.388. The normalized spacial score (nSPS) is 10.6. The Hall–Kier alpha value is -3.65. The van der Waals surface area contributed by atoms with Gasteiger partial charge in [-0.3, -0.25) is 9.78 Å². The lowest BCUT2D eigenvalue weighted by atomic mass is 10.2. The van der Waals surface area contributed by atoms with Crippen LogP contribution < -0.4 is 10.1 Å². The Labute approximate surface area is 181 Å². The van der Waals surface area contributed by atoms with Gasteiger partial charge in [-0.25, -0.2) is 13.8 Å². The number of nitrogens with zero attached hydrogens (tertiary/aromatic N) is 2. The number of ether oxygens (including phenoxy) is 1. The number of amides is 1. The maximum Gasteiger partial charge on any atom is 0.271 e. The van der Waals surface area contributed by atoms with Crippen LogP contribution in [-0.4, -0.2) is 15.9 Å². The van der Waals surface area contributed by atoms with E-state index in [1.165, 1.54) is 23.5 Å². The van der Waals surface area contributed by atoms with E-state index in [-0.39, 0.29) is 18.1 Å². The molecule has 0 aliphatic rings. The Morgan fingerprint density at radius 3 is 2.55 bits per heavy atom. The van der Waals surface area contributed by atoms with Crippen LogP contribution in [0.2, 0.25) is 0 Å². The third-order valence-corrected chi connectivity index (χ3v) is 5.34. The van der Waals surface area contributed by atoms with Crippen LogP contribution in [0.3, 0.4) is 0 Å². The fourth-order valence-electron chi connectivity index (χ4n) is 2.78. The Balaban J connectivity index is 1.36. The zero-order chi connectivity index (χ0) is 21.6. The summed E-state index contributed by atoms with van der Waals surface area (Å²) in [5.41, 5.74) is 2.40. The number of aromatic nitrogens is 2. The molecule has 2 aromatic carbocycles. The number of hydrogen-bond donors (Lipinski definition) is 1. The molecule has 0 spiro atoms. The Kier molecular flexibility index (Phi) is 6.28. The van der Waals surface area contributed by atoms with E-state index in [1.54, 1.807) is 29.9 Å². The lowest BCUT2D eigenvalue weighted by molar-refractivity contribution is 0.0946. The molecule has 0 radical (unpaired) electrons. The summed E-state index contributed by atoms with van der Waals surface area (Å²) in [5, 5.41) is 5.24. The standard InChI is InChI=1S/C23H17F2N3O2S/c24-18-4-1-17(20(25)11-18)13-30-19-5-2-16(3-6-19)23-28-21(14-31-23)22(29)27-12-15-7-9-26-10-8-15/h1-11,14H,12-13H2,(H,27,29). The molecule has 156 valence electrons. The van der Waals surface area contributed by atoms with Gasteiger partial charge in [0.15, 0.2) is 0 Å². The number of nitrogens with one attached hydrogen (secondary N) is 1. The van der Waals surface area contributed by atoms with Gasteiger partial charge in [-0.15, -0.1) is 11.3 Å². The van der Waals surface area contributed by atoms with E-state index in [0.717, 1.165) is 17.2 Å². The molecule has 1 N–H and O–H groups in total. The summed E-state index contributed by atoms with van der Waals surface area (Å²) >= 11 is 1.36. The maximum atomic E-state index is 13.7. The van der Waals surface area contributed by atoms with Crippen molar-refractivity contribution in [1.29, 1.82) is 0 Å². The minimum Gasteiger partial charge on any atom is -0.489 e. The van der Waals surface area contributed by atoms with Crippen molar-refractivity contribution in [2.75, 3.05) is 0 Å². The first-order chi connectivity index (χ1) is 15.1. The molecule has 0 aliphatic carbocycles. The molecule has 2 heterocycles. The number of benzene rings is 2. The second kappa shape index (κ2) is 9.44. The van der Waals surface area contributed by atoms with Crippen molar-refractivity contribution in [3.05, 3.63) is 101 Å². The third-order valence-electron chi connectivity index (χ3n) is 4.45. The molecule has 0 atom stereocenters. The summed E-state index contributed by atoms with van der Waals surface area (Å²) in [5.74, 6) is -0.978. The van der Waals surface area contributed by atoms with Gasteiger partial charge in [0.25, 0.3) is 5.91 Å². The van der Waals surface area contributed by atoms with Crippen molar-refractivity contribution in [2.45, 2.75) is 13.2 Å². The number of thiazole rings is 1. The fourth-order valence-corrected chi connectivity index (χ4v) is 3.58. The molecular formula is C23H17F2N3O2S. The largest absolute Gasteiger partial charge is 0.489 e. The molecule has 0 fully saturated rings. The molecule has 0 bridgehead atoms. The zero-order valence-electron chi connectivity index (χ0n) is 16.2. The summed E-state index contributed by atoms with van der Waals surface area (Å²) in [6.07, 6.45) is 3.35. The van der Waals surface area contributed by atoms with Gasteiger partial charge in [-0.05, 0) is 54.1 Å². The molecule has 31 heavy (non-hydrogen) atoms. The summed E-state index contributed by atoms with van der Waals surface area (Å²) < 4.78 is 32.2. The minimum absolute atomic E-state index is 0.00942. The number of halogens is 2. The average Bonchev–Trinajstić information content (AvgIpc) is 3.28. The summed E-state index contributed by atoms with van der Waals surface area (Å²) in [4.78, 5) is 20.7. The topological polar surface area (TPSA) is 64.1 Å². The number of rotatable bonds is 7. The highest BCUT2D eigenvalue weighted by Crippen LogP contribution is 2.26. The van der Waals surface area contributed by atoms with E-state index in [4.69, 9.17) is 4.74 Å². The van der Waals surface area contributed by atoms with Gasteiger partial charge in [-0.2, -0.15) is 0 Å². The van der Waals surface area contributed by atoms with Crippen LogP contribution in [0.25, 0.3) is 10.6 Å². The van der Waals surface area contributed by atoms with E-state index >= 15 is 0 Å². The van der Waals surface area contributed by atoms with Crippen LogP contribution in [0.1, 0.15) is 21.6 Å². The van der Waals surface area contributed by atoms with E-state index in [1.807, 2.05) is 24.3 Å². The first-order valence-electron chi connectivity index (χ1n) is 9.38. The number of carbonyl (C=O) groups excluding carboxylic acids is 1. The third kappa shape index (κ3) is 5.29. The highest BCUT2D eigenvalue weighted by molar-refractivity contribution is 7.13. The second-order valence-electron chi connectivity index (χ2n) is 6.62. The molecule has 1 amide bonds. The quantitative estimate of drug-likeness (QED) is 0.442. The molecule has 4 rings (SSSR count). The van der Waals surface area contributed by atoms with E-state index < -0.39 is 11.6 Å². The van der Waals surface area contributed by atoms with Crippen molar-refractivity contribution in [1.82, 2.24) is 15.3 Å². The monoisotopic (exact) mass is 437 g/mol. The summed E-state index contributed by atoms with van der Waals surface area (Å²) in [6, 6.07) is 14.1. The van der Waals surface area contributed by atoms with Crippen LogP contribution in [0.5, 0.6) is 5.75 Å². The number of carbonyl (C=O) groups is 1.